The van der Waals surface area contributed by atoms with Crippen molar-refractivity contribution in [1.29, 1.82) is 0 Å². The van der Waals surface area contributed by atoms with Crippen molar-refractivity contribution in [3.63, 3.8) is 0 Å². The van der Waals surface area contributed by atoms with Gasteiger partial charge in [0.25, 0.3) is 0 Å². The molecular weight excluding hydrogens is 208 g/mol. The van der Waals surface area contributed by atoms with Crippen LogP contribution < -0.4 is 56.3 Å². The molecule has 0 fully saturated rings. The van der Waals surface area contributed by atoms with E-state index in [4.69, 9.17) is 0 Å². The molecule has 1 rings (SSSR count). The van der Waals surface area contributed by atoms with Gasteiger partial charge in [-0.05, 0) is 11.3 Å². The van der Waals surface area contributed by atoms with E-state index in [0.717, 1.165) is 0 Å². The average Bonchev–Trinajstić information content (AvgIpc) is 2.11. The van der Waals surface area contributed by atoms with Gasteiger partial charge in [0.15, 0.2) is 0 Å². The second-order valence-corrected chi connectivity index (χ2v) is 2.38. The van der Waals surface area contributed by atoms with Gasteiger partial charge >= 0.3 is 62.4 Å². The van der Waals surface area contributed by atoms with Crippen molar-refractivity contribution in [1.82, 2.24) is 10.2 Å². The average molecular weight is 210 g/mol. The summed E-state index contributed by atoms with van der Waals surface area (Å²) in [5.74, 6) is 0. The number of nitrogens with zero attached hydrogens (tertiary/aromatic N) is 1. The third-order valence-corrected chi connectivity index (χ3v) is 1.47. The van der Waals surface area contributed by atoms with Crippen LogP contribution in [-0.4, -0.2) is 10.2 Å². The summed E-state index contributed by atoms with van der Waals surface area (Å²) >= 11 is 0.0475. The molecular formula is C3H2F3KN2OS. The molecule has 0 aliphatic heterocycles. The van der Waals surface area contributed by atoms with Crippen LogP contribution in [0.1, 0.15) is 6.43 Å². The number of hydrogen-bond donors (Lipinski definition) is 1. The Labute approximate surface area is 107 Å². The normalized spacial score (nSPS) is 10.8. The predicted octanol–water partition coefficient (Wildman–Crippen LogP) is -2.03. The largest absolute Gasteiger partial charge is 1.00 e. The number of nitrogens with one attached hydrogen (secondary N) is 1. The maximum atomic E-state index is 11.6. The van der Waals surface area contributed by atoms with E-state index in [1.807, 2.05) is 0 Å². The fourth-order valence-electron chi connectivity index (χ4n) is 0.351. The molecule has 0 atom stereocenters. The molecule has 1 N–H and O–H groups in total. The Morgan fingerprint density at radius 2 is 2.09 bits per heavy atom. The topological polar surface area (TPSA) is 45.8 Å². The van der Waals surface area contributed by atoms with Crippen molar-refractivity contribution in [2.45, 2.75) is 6.18 Å². The van der Waals surface area contributed by atoms with Gasteiger partial charge in [0.05, 0.1) is 0 Å². The van der Waals surface area contributed by atoms with Crippen LogP contribution in [0.2, 0.25) is 0 Å². The maximum Gasteiger partial charge on any atom is 1.00 e. The summed E-state index contributed by atoms with van der Waals surface area (Å²) in [6, 6.07) is 0. The van der Waals surface area contributed by atoms with Crippen molar-refractivity contribution in [3.05, 3.63) is 14.7 Å². The molecule has 0 unspecified atom stereocenters. The minimum absolute atomic E-state index is 0. The van der Waals surface area contributed by atoms with E-state index in [0.29, 0.717) is 0 Å². The first-order valence-corrected chi connectivity index (χ1v) is 2.94. The van der Waals surface area contributed by atoms with Gasteiger partial charge in [-0.1, -0.05) is 0 Å². The minimum atomic E-state index is -4.51. The van der Waals surface area contributed by atoms with E-state index in [2.05, 4.69) is 5.10 Å². The van der Waals surface area contributed by atoms with Crippen molar-refractivity contribution in [3.8, 4) is 0 Å². The summed E-state index contributed by atoms with van der Waals surface area (Å²) in [7, 11) is 0. The number of alkyl halides is 3. The summed E-state index contributed by atoms with van der Waals surface area (Å²) in [6.07, 6.45) is -4.51. The van der Waals surface area contributed by atoms with Crippen LogP contribution in [0.3, 0.4) is 0 Å². The fourth-order valence-corrected chi connectivity index (χ4v) is 0.825. The monoisotopic (exact) mass is 210 g/mol. The second-order valence-electron chi connectivity index (χ2n) is 1.42. The molecule has 1 aromatic heterocycles. The molecule has 0 saturated heterocycles. The smallest absolute Gasteiger partial charge is 1.00 e. The molecule has 1 aromatic rings. The van der Waals surface area contributed by atoms with Crippen LogP contribution in [0, 0.1) is 0 Å². The van der Waals surface area contributed by atoms with Gasteiger partial charge in [-0.15, -0.1) is 0 Å². The maximum absolute atomic E-state index is 11.6. The summed E-state index contributed by atoms with van der Waals surface area (Å²) in [4.78, 5) is 9.34. The van der Waals surface area contributed by atoms with Crippen LogP contribution in [0.25, 0.3) is 0 Å². The molecule has 58 valence electrons. The van der Waals surface area contributed by atoms with E-state index >= 15 is 0 Å². The van der Waals surface area contributed by atoms with Crippen LogP contribution in [0.5, 0.6) is 0 Å². The zero-order chi connectivity index (χ0) is 7.78. The first kappa shape index (κ1) is 11.8. The third-order valence-electron chi connectivity index (χ3n) is 0.681. The molecule has 0 aliphatic carbocycles. The van der Waals surface area contributed by atoms with E-state index in [9.17, 15) is 18.0 Å². The van der Waals surface area contributed by atoms with Gasteiger partial charge in [0, 0.05) is 0 Å². The molecule has 11 heavy (non-hydrogen) atoms. The Balaban J connectivity index is 0. The summed E-state index contributed by atoms with van der Waals surface area (Å²) in [5.41, 5.74) is 0. The summed E-state index contributed by atoms with van der Waals surface area (Å²) in [6.45, 7) is 0. The molecule has 0 bridgehead atoms. The SMILES string of the molecule is O=c1[nH]nc(C(F)(F)F)s1.[H-].[K+]. The zero-order valence-electron chi connectivity index (χ0n) is 6.40. The quantitative estimate of drug-likeness (QED) is 0.502. The van der Waals surface area contributed by atoms with E-state index in [1.165, 1.54) is 0 Å². The number of rotatable bonds is 0. The van der Waals surface area contributed by atoms with E-state index in [1.54, 1.807) is 5.10 Å². The molecule has 0 aliphatic rings. The van der Waals surface area contributed by atoms with Gasteiger partial charge < -0.3 is 1.43 Å². The molecule has 8 heteroatoms. The molecule has 0 radical (unpaired) electrons. The summed E-state index contributed by atoms with van der Waals surface area (Å²) < 4.78 is 34.8. The first-order valence-electron chi connectivity index (χ1n) is 2.13. The van der Waals surface area contributed by atoms with Gasteiger partial charge in [0.2, 0.25) is 5.01 Å². The van der Waals surface area contributed by atoms with Gasteiger partial charge in [-0.3, -0.25) is 4.79 Å². The fraction of sp³-hybridized carbons (Fsp3) is 0.333. The molecule has 0 spiro atoms. The van der Waals surface area contributed by atoms with Crippen molar-refractivity contribution in [2.75, 3.05) is 0 Å². The molecule has 0 aromatic carbocycles. The van der Waals surface area contributed by atoms with Crippen LogP contribution in [-0.2, 0) is 6.18 Å². The van der Waals surface area contributed by atoms with Crippen LogP contribution in [0.4, 0.5) is 13.2 Å². The summed E-state index contributed by atoms with van der Waals surface area (Å²) in [5, 5.41) is 3.27. The van der Waals surface area contributed by atoms with Gasteiger partial charge in [-0.2, -0.15) is 18.3 Å². The Kier molecular flexibility index (Phi) is 4.44. The van der Waals surface area contributed by atoms with Crippen molar-refractivity contribution < 1.29 is 66.0 Å². The van der Waals surface area contributed by atoms with Crippen molar-refractivity contribution in [2.24, 2.45) is 0 Å². The Morgan fingerprint density at radius 3 is 2.27 bits per heavy atom. The zero-order valence-corrected chi connectivity index (χ0v) is 9.34. The minimum Gasteiger partial charge on any atom is -1.00 e. The number of H-pyrrole nitrogens is 1. The third kappa shape index (κ3) is 3.34. The van der Waals surface area contributed by atoms with Gasteiger partial charge in [-0.25, -0.2) is 5.10 Å². The number of aromatic amines is 1. The Morgan fingerprint density at radius 1 is 1.55 bits per heavy atom. The predicted molar refractivity (Wildman–Crippen MR) is 28.8 cm³/mol. The standard InChI is InChI=1S/C3HF3N2OS.K.H/c4-3(5,6)1-7-8-2(9)10-1;;/h(H,8,9);;/q;+1;-1. The molecule has 1 heterocycles. The number of hydrogen-bond acceptors (Lipinski definition) is 3. The second kappa shape index (κ2) is 4.15. The van der Waals surface area contributed by atoms with E-state index in [-0.39, 0.29) is 64.1 Å². The molecule has 0 amide bonds. The Bertz CT molecular complexity index is 284. The van der Waals surface area contributed by atoms with Crippen LogP contribution in [0.15, 0.2) is 4.79 Å². The van der Waals surface area contributed by atoms with Gasteiger partial charge in [0.1, 0.15) is 0 Å². The first-order chi connectivity index (χ1) is 4.50. The van der Waals surface area contributed by atoms with Crippen molar-refractivity contribution >= 4 is 11.3 Å². The van der Waals surface area contributed by atoms with E-state index < -0.39 is 16.1 Å². The molecule has 3 nitrogen and oxygen atoms in total. The van der Waals surface area contributed by atoms with Crippen LogP contribution >= 0.6 is 11.3 Å². The molecule has 0 saturated carbocycles. The number of aromatic nitrogens is 2. The number of halogens is 3. The Hall–Kier alpha value is 0.786.